The molecule has 1 heterocycles. The van der Waals surface area contributed by atoms with Crippen LogP contribution in [0.2, 0.25) is 0 Å². The van der Waals surface area contributed by atoms with Gasteiger partial charge in [0.15, 0.2) is 0 Å². The number of hydrogen-bond donors (Lipinski definition) is 2. The molecule has 1 fully saturated rings. The van der Waals surface area contributed by atoms with Crippen LogP contribution in [0.4, 0.5) is 0 Å². The maximum absolute atomic E-state index is 11.9. The Kier molecular flexibility index (Phi) is 5.53. The van der Waals surface area contributed by atoms with Crippen LogP contribution in [0.5, 0.6) is 0 Å². The van der Waals surface area contributed by atoms with Crippen molar-refractivity contribution in [3.8, 4) is 0 Å². The zero-order chi connectivity index (χ0) is 13.8. The Morgan fingerprint density at radius 2 is 2.17 bits per heavy atom. The molecule has 0 radical (unpaired) electrons. The third-order valence-electron chi connectivity index (χ3n) is 3.95. The first kappa shape index (κ1) is 15.4. The van der Waals surface area contributed by atoms with Crippen molar-refractivity contribution < 1.29 is 9.53 Å². The first-order valence-corrected chi connectivity index (χ1v) is 7.08. The molecule has 0 aromatic rings. The zero-order valence-electron chi connectivity index (χ0n) is 11.5. The largest absolute Gasteiger partial charge is 0.393 e. The summed E-state index contributed by atoms with van der Waals surface area (Å²) in [5.74, 6) is -0.476. The molecule has 18 heavy (non-hydrogen) atoms. The molecule has 0 bridgehead atoms. The fraction of sp³-hybridized carbons (Fsp3) is 0.846. The van der Waals surface area contributed by atoms with Crippen molar-refractivity contribution in [3.05, 3.63) is 0 Å². The number of ether oxygens (including phenoxy) is 1. The van der Waals surface area contributed by atoms with Gasteiger partial charge < -0.3 is 15.8 Å². The normalized spacial score (nSPS) is 24.3. The van der Waals surface area contributed by atoms with Gasteiger partial charge >= 0.3 is 0 Å². The van der Waals surface area contributed by atoms with E-state index in [-0.39, 0.29) is 22.5 Å². The standard InChI is InChI=1S/C13H24N2O2S/c1-4-13(5-2)8-10(6-7-17-13)15-12(16)9(3)11(14)18/h9-10H,4-8H2,1-3H3,(H2,14,18)(H,15,16). The van der Waals surface area contributed by atoms with Crippen LogP contribution in [0.25, 0.3) is 0 Å². The summed E-state index contributed by atoms with van der Waals surface area (Å²) in [6, 6.07) is 0.169. The lowest BCUT2D eigenvalue weighted by Gasteiger charge is -2.40. The predicted molar refractivity (Wildman–Crippen MR) is 76.4 cm³/mol. The van der Waals surface area contributed by atoms with Gasteiger partial charge in [-0.15, -0.1) is 0 Å². The Balaban J connectivity index is 2.58. The quantitative estimate of drug-likeness (QED) is 0.749. The topological polar surface area (TPSA) is 64.4 Å². The van der Waals surface area contributed by atoms with Gasteiger partial charge in [0, 0.05) is 12.6 Å². The molecule has 3 N–H and O–H groups in total. The van der Waals surface area contributed by atoms with Gasteiger partial charge in [0.25, 0.3) is 0 Å². The van der Waals surface area contributed by atoms with Gasteiger partial charge in [-0.25, -0.2) is 0 Å². The van der Waals surface area contributed by atoms with Crippen LogP contribution in [0.15, 0.2) is 0 Å². The second kappa shape index (κ2) is 6.48. The van der Waals surface area contributed by atoms with E-state index in [1.165, 1.54) is 0 Å². The summed E-state index contributed by atoms with van der Waals surface area (Å²) in [7, 11) is 0. The van der Waals surface area contributed by atoms with Crippen LogP contribution in [0.3, 0.4) is 0 Å². The Morgan fingerprint density at radius 1 is 1.56 bits per heavy atom. The van der Waals surface area contributed by atoms with Gasteiger partial charge in [-0.05, 0) is 32.6 Å². The molecule has 1 aliphatic heterocycles. The average Bonchev–Trinajstić information content (AvgIpc) is 2.37. The molecule has 2 unspecified atom stereocenters. The number of nitrogens with one attached hydrogen (secondary N) is 1. The molecular weight excluding hydrogens is 248 g/mol. The maximum atomic E-state index is 11.9. The minimum Gasteiger partial charge on any atom is -0.393 e. The Morgan fingerprint density at radius 3 is 2.67 bits per heavy atom. The number of carbonyl (C=O) groups is 1. The summed E-state index contributed by atoms with van der Waals surface area (Å²) in [6.07, 6.45) is 3.68. The molecule has 0 saturated carbocycles. The number of amides is 1. The molecule has 0 aromatic heterocycles. The summed E-state index contributed by atoms with van der Waals surface area (Å²) < 4.78 is 5.88. The van der Waals surface area contributed by atoms with Crippen molar-refractivity contribution in [2.45, 2.75) is 58.1 Å². The fourth-order valence-electron chi connectivity index (χ4n) is 2.35. The van der Waals surface area contributed by atoms with E-state index in [1.807, 2.05) is 0 Å². The second-order valence-electron chi connectivity index (χ2n) is 5.06. The third kappa shape index (κ3) is 3.65. The van der Waals surface area contributed by atoms with Crippen LogP contribution in [-0.2, 0) is 9.53 Å². The monoisotopic (exact) mass is 272 g/mol. The van der Waals surface area contributed by atoms with Crippen molar-refractivity contribution in [3.63, 3.8) is 0 Å². The zero-order valence-corrected chi connectivity index (χ0v) is 12.3. The number of nitrogens with two attached hydrogens (primary N) is 1. The molecule has 0 aliphatic carbocycles. The Labute approximate surface area is 115 Å². The van der Waals surface area contributed by atoms with Gasteiger partial charge in [-0.3, -0.25) is 4.79 Å². The summed E-state index contributed by atoms with van der Waals surface area (Å²) in [4.78, 5) is 12.2. The van der Waals surface area contributed by atoms with E-state index < -0.39 is 5.92 Å². The van der Waals surface area contributed by atoms with Gasteiger partial charge in [0.05, 0.1) is 16.5 Å². The lowest BCUT2D eigenvalue weighted by atomic mass is 9.85. The van der Waals surface area contributed by atoms with E-state index in [9.17, 15) is 4.79 Å². The molecule has 0 spiro atoms. The van der Waals surface area contributed by atoms with E-state index in [4.69, 9.17) is 22.7 Å². The summed E-state index contributed by atoms with van der Waals surface area (Å²) in [5, 5.41) is 3.04. The highest BCUT2D eigenvalue weighted by Gasteiger charge is 2.35. The molecule has 2 atom stereocenters. The molecular formula is C13H24N2O2S. The molecule has 0 aromatic carbocycles. The SMILES string of the molecule is CCC1(CC)CC(NC(=O)C(C)C(N)=S)CCO1. The molecule has 4 nitrogen and oxygen atoms in total. The highest BCUT2D eigenvalue weighted by Crippen LogP contribution is 2.31. The van der Waals surface area contributed by atoms with Crippen LogP contribution in [0.1, 0.15) is 46.5 Å². The van der Waals surface area contributed by atoms with Gasteiger partial charge in [-0.2, -0.15) is 0 Å². The van der Waals surface area contributed by atoms with Crippen LogP contribution < -0.4 is 11.1 Å². The highest BCUT2D eigenvalue weighted by atomic mass is 32.1. The molecule has 1 saturated heterocycles. The van der Waals surface area contributed by atoms with Crippen molar-refractivity contribution >= 4 is 23.1 Å². The van der Waals surface area contributed by atoms with Crippen molar-refractivity contribution in [1.82, 2.24) is 5.32 Å². The average molecular weight is 272 g/mol. The lowest BCUT2D eigenvalue weighted by molar-refractivity contribution is -0.127. The van der Waals surface area contributed by atoms with Crippen molar-refractivity contribution in [2.24, 2.45) is 11.7 Å². The predicted octanol–water partition coefficient (Wildman–Crippen LogP) is 1.76. The Bertz CT molecular complexity index is 316. The smallest absolute Gasteiger partial charge is 0.229 e. The molecule has 104 valence electrons. The van der Waals surface area contributed by atoms with Gasteiger partial charge in [0.1, 0.15) is 0 Å². The summed E-state index contributed by atoms with van der Waals surface area (Å²) in [6.45, 7) is 6.70. The van der Waals surface area contributed by atoms with Crippen LogP contribution in [-0.4, -0.2) is 29.1 Å². The van der Waals surface area contributed by atoms with E-state index in [0.717, 1.165) is 25.7 Å². The van der Waals surface area contributed by atoms with E-state index >= 15 is 0 Å². The first-order chi connectivity index (χ1) is 8.44. The van der Waals surface area contributed by atoms with Crippen molar-refractivity contribution in [2.75, 3.05) is 6.61 Å². The summed E-state index contributed by atoms with van der Waals surface area (Å²) in [5.41, 5.74) is 5.41. The van der Waals surface area contributed by atoms with Gasteiger partial charge in [0.2, 0.25) is 5.91 Å². The number of carbonyl (C=O) groups excluding carboxylic acids is 1. The van der Waals surface area contributed by atoms with Crippen LogP contribution >= 0.6 is 12.2 Å². The maximum Gasteiger partial charge on any atom is 0.229 e. The molecule has 5 heteroatoms. The van der Waals surface area contributed by atoms with Crippen molar-refractivity contribution in [1.29, 1.82) is 0 Å². The van der Waals surface area contributed by atoms with Crippen LogP contribution in [0, 0.1) is 5.92 Å². The minimum atomic E-state index is -0.402. The fourth-order valence-corrected chi connectivity index (χ4v) is 2.46. The second-order valence-corrected chi connectivity index (χ2v) is 5.53. The first-order valence-electron chi connectivity index (χ1n) is 6.67. The lowest BCUT2D eigenvalue weighted by Crippen LogP contribution is -2.50. The number of hydrogen-bond acceptors (Lipinski definition) is 3. The molecule has 1 amide bonds. The Hall–Kier alpha value is -0.680. The third-order valence-corrected chi connectivity index (χ3v) is 4.30. The number of rotatable bonds is 5. The minimum absolute atomic E-state index is 0.0736. The van der Waals surface area contributed by atoms with E-state index in [0.29, 0.717) is 6.61 Å². The molecule has 1 rings (SSSR count). The molecule has 1 aliphatic rings. The highest BCUT2D eigenvalue weighted by molar-refractivity contribution is 7.80. The number of thiocarbonyl (C=S) groups is 1. The summed E-state index contributed by atoms with van der Waals surface area (Å²) >= 11 is 4.85. The van der Waals surface area contributed by atoms with E-state index in [1.54, 1.807) is 6.92 Å². The van der Waals surface area contributed by atoms with E-state index in [2.05, 4.69) is 19.2 Å². The van der Waals surface area contributed by atoms with Gasteiger partial charge in [-0.1, -0.05) is 26.1 Å².